The molecule has 6 nitrogen and oxygen atoms in total. The number of para-hydroxylation sites is 1. The van der Waals surface area contributed by atoms with E-state index in [0.29, 0.717) is 22.1 Å². The molecular weight excluding hydrogens is 368 g/mol. The first-order chi connectivity index (χ1) is 13.9. The van der Waals surface area contributed by atoms with Crippen LogP contribution >= 0.6 is 0 Å². The Kier molecular flexibility index (Phi) is 4.52. The molecule has 0 unspecified atom stereocenters. The van der Waals surface area contributed by atoms with Gasteiger partial charge in [0.05, 0.1) is 21.8 Å². The van der Waals surface area contributed by atoms with E-state index in [4.69, 9.17) is 9.52 Å². The van der Waals surface area contributed by atoms with Crippen LogP contribution in [0, 0.1) is 6.92 Å². The number of rotatable bonds is 4. The van der Waals surface area contributed by atoms with Gasteiger partial charge in [0.25, 0.3) is 5.56 Å². The maximum atomic E-state index is 12.8. The lowest BCUT2D eigenvalue weighted by Crippen LogP contribution is -2.33. The largest absolute Gasteiger partial charge is 0.478 e. The maximum Gasteiger partial charge on any atom is 0.335 e. The molecule has 144 valence electrons. The lowest BCUT2D eigenvalue weighted by Gasteiger charge is -2.03. The smallest absolute Gasteiger partial charge is 0.335 e. The summed E-state index contributed by atoms with van der Waals surface area (Å²) in [5.41, 5.74) is 2.30. The molecule has 0 radical (unpaired) electrons. The average Bonchev–Trinajstić information content (AvgIpc) is 3.28. The first kappa shape index (κ1) is 18.3. The van der Waals surface area contributed by atoms with E-state index in [0.717, 1.165) is 16.8 Å². The van der Waals surface area contributed by atoms with Gasteiger partial charge in [0.1, 0.15) is 11.5 Å². The molecule has 0 bridgehead atoms. The SMILES string of the molecule is C=c1[nH]n(-c2ccccc2)c(=O)/c1=C\c1ccc(-c2ccc(C(=O)O)cc2C)o1. The number of carbonyl (C=O) groups is 1. The predicted octanol–water partition coefficient (Wildman–Crippen LogP) is 2.67. The number of hydrogen-bond acceptors (Lipinski definition) is 3. The first-order valence-electron chi connectivity index (χ1n) is 8.95. The molecule has 0 aliphatic heterocycles. The molecular formula is C23H18N2O4. The second-order valence-corrected chi connectivity index (χ2v) is 6.66. The lowest BCUT2D eigenvalue weighted by molar-refractivity contribution is 0.0697. The zero-order valence-corrected chi connectivity index (χ0v) is 15.7. The Morgan fingerprint density at radius 1 is 1.14 bits per heavy atom. The zero-order valence-electron chi connectivity index (χ0n) is 15.7. The van der Waals surface area contributed by atoms with Gasteiger partial charge in [0.15, 0.2) is 0 Å². The monoisotopic (exact) mass is 386 g/mol. The van der Waals surface area contributed by atoms with E-state index < -0.39 is 5.97 Å². The quantitative estimate of drug-likeness (QED) is 0.564. The predicted molar refractivity (Wildman–Crippen MR) is 111 cm³/mol. The molecule has 6 heteroatoms. The number of carboxylic acid groups (broad SMARTS) is 1. The van der Waals surface area contributed by atoms with Crippen molar-refractivity contribution < 1.29 is 14.3 Å². The molecule has 0 saturated carbocycles. The van der Waals surface area contributed by atoms with Gasteiger partial charge in [-0.3, -0.25) is 9.89 Å². The summed E-state index contributed by atoms with van der Waals surface area (Å²) >= 11 is 0. The summed E-state index contributed by atoms with van der Waals surface area (Å²) in [6, 6.07) is 17.6. The van der Waals surface area contributed by atoms with Crippen molar-refractivity contribution in [3.05, 3.63) is 98.5 Å². The van der Waals surface area contributed by atoms with E-state index in [-0.39, 0.29) is 11.1 Å². The summed E-state index contributed by atoms with van der Waals surface area (Å²) in [6.45, 7) is 5.75. The van der Waals surface area contributed by atoms with Gasteiger partial charge in [0, 0.05) is 5.56 Å². The van der Waals surface area contributed by atoms with Gasteiger partial charge >= 0.3 is 5.97 Å². The van der Waals surface area contributed by atoms with Crippen molar-refractivity contribution in [1.29, 1.82) is 0 Å². The van der Waals surface area contributed by atoms with Crippen molar-refractivity contribution in [3.63, 3.8) is 0 Å². The number of aromatic amines is 1. The van der Waals surface area contributed by atoms with E-state index in [1.807, 2.05) is 37.3 Å². The van der Waals surface area contributed by atoms with Crippen LogP contribution in [-0.2, 0) is 0 Å². The van der Waals surface area contributed by atoms with Crippen LogP contribution < -0.4 is 16.1 Å². The Balaban J connectivity index is 1.74. The number of benzene rings is 2. The van der Waals surface area contributed by atoms with Gasteiger partial charge in [-0.2, -0.15) is 0 Å². The molecule has 2 heterocycles. The summed E-state index contributed by atoms with van der Waals surface area (Å²) < 4.78 is 7.32. The Labute approximate surface area is 165 Å². The van der Waals surface area contributed by atoms with Gasteiger partial charge in [-0.1, -0.05) is 30.8 Å². The summed E-state index contributed by atoms with van der Waals surface area (Å²) in [7, 11) is 0. The molecule has 0 saturated heterocycles. The number of nitrogens with one attached hydrogen (secondary N) is 1. The van der Waals surface area contributed by atoms with Crippen LogP contribution in [0.1, 0.15) is 21.7 Å². The third-order valence-corrected chi connectivity index (χ3v) is 4.67. The van der Waals surface area contributed by atoms with Crippen LogP contribution in [0.3, 0.4) is 0 Å². The Morgan fingerprint density at radius 2 is 1.90 bits per heavy atom. The topological polar surface area (TPSA) is 88.2 Å². The third kappa shape index (κ3) is 3.43. The number of nitrogens with zero attached hydrogens (tertiary/aromatic N) is 1. The fourth-order valence-corrected chi connectivity index (χ4v) is 3.19. The normalized spacial score (nSPS) is 11.7. The number of furan rings is 1. The molecule has 29 heavy (non-hydrogen) atoms. The highest BCUT2D eigenvalue weighted by molar-refractivity contribution is 5.88. The van der Waals surface area contributed by atoms with Crippen molar-refractivity contribution >= 4 is 18.6 Å². The summed E-state index contributed by atoms with van der Waals surface area (Å²) in [6.07, 6.45) is 1.64. The van der Waals surface area contributed by atoms with Crippen molar-refractivity contribution in [2.75, 3.05) is 0 Å². The van der Waals surface area contributed by atoms with Crippen molar-refractivity contribution in [1.82, 2.24) is 9.78 Å². The maximum absolute atomic E-state index is 12.8. The zero-order chi connectivity index (χ0) is 20.5. The second-order valence-electron chi connectivity index (χ2n) is 6.66. The number of H-pyrrole nitrogens is 1. The summed E-state index contributed by atoms with van der Waals surface area (Å²) in [5, 5.41) is 13.0. The van der Waals surface area contributed by atoms with Crippen LogP contribution in [-0.4, -0.2) is 20.9 Å². The Hall–Kier alpha value is -4.06. The summed E-state index contributed by atoms with van der Waals surface area (Å²) in [4.78, 5) is 23.9. The highest BCUT2D eigenvalue weighted by atomic mass is 16.4. The molecule has 0 atom stereocenters. The molecule has 2 N–H and O–H groups in total. The van der Waals surface area contributed by atoms with Crippen molar-refractivity contribution in [3.8, 4) is 17.0 Å². The number of aryl methyl sites for hydroxylation is 1. The minimum absolute atomic E-state index is 0.221. The minimum Gasteiger partial charge on any atom is -0.478 e. The fraction of sp³-hybridized carbons (Fsp3) is 0.0435. The van der Waals surface area contributed by atoms with Gasteiger partial charge in [-0.25, -0.2) is 9.48 Å². The summed E-state index contributed by atoms with van der Waals surface area (Å²) in [5.74, 6) is 0.122. The molecule has 2 aromatic carbocycles. The lowest BCUT2D eigenvalue weighted by atomic mass is 10.0. The molecule has 0 spiro atoms. The van der Waals surface area contributed by atoms with E-state index in [1.165, 1.54) is 10.7 Å². The second kappa shape index (κ2) is 7.16. The van der Waals surface area contributed by atoms with Crippen LogP contribution in [0.2, 0.25) is 0 Å². The average molecular weight is 386 g/mol. The van der Waals surface area contributed by atoms with E-state index in [9.17, 15) is 9.59 Å². The number of aromatic carboxylic acids is 1. The number of aromatic nitrogens is 2. The highest BCUT2D eigenvalue weighted by Crippen LogP contribution is 2.26. The van der Waals surface area contributed by atoms with Gasteiger partial charge in [-0.15, -0.1) is 0 Å². The van der Waals surface area contributed by atoms with Crippen LogP contribution in [0.4, 0.5) is 0 Å². The molecule has 4 rings (SSSR count). The van der Waals surface area contributed by atoms with E-state index >= 15 is 0 Å². The van der Waals surface area contributed by atoms with Crippen LogP contribution in [0.15, 0.2) is 69.9 Å². The van der Waals surface area contributed by atoms with E-state index in [1.54, 1.807) is 30.3 Å². The van der Waals surface area contributed by atoms with E-state index in [2.05, 4.69) is 11.7 Å². The molecule has 0 aliphatic rings. The standard InChI is InChI=1S/C23H18N2O4/c1-14-12-16(23(27)28)8-10-19(14)21-11-9-18(29-21)13-20-15(2)24-25(22(20)26)17-6-4-3-5-7-17/h3-13,24H,2H2,1H3,(H,27,28)/b20-13-. The Bertz CT molecular complexity index is 1370. The number of carboxylic acids is 1. The molecule has 2 aromatic heterocycles. The minimum atomic E-state index is -0.974. The van der Waals surface area contributed by atoms with Crippen molar-refractivity contribution in [2.24, 2.45) is 0 Å². The molecule has 4 aromatic rings. The molecule has 0 amide bonds. The van der Waals surface area contributed by atoms with Crippen molar-refractivity contribution in [2.45, 2.75) is 6.92 Å². The first-order valence-corrected chi connectivity index (χ1v) is 8.95. The van der Waals surface area contributed by atoms with Gasteiger partial charge in [0.2, 0.25) is 0 Å². The van der Waals surface area contributed by atoms with Gasteiger partial charge < -0.3 is 9.52 Å². The van der Waals surface area contributed by atoms with Crippen LogP contribution in [0.25, 0.3) is 29.7 Å². The third-order valence-electron chi connectivity index (χ3n) is 4.67. The molecule has 0 fully saturated rings. The highest BCUT2D eigenvalue weighted by Gasteiger charge is 2.11. The number of hydrogen-bond donors (Lipinski definition) is 2. The Morgan fingerprint density at radius 3 is 2.59 bits per heavy atom. The van der Waals surface area contributed by atoms with Crippen LogP contribution in [0.5, 0.6) is 0 Å². The fourth-order valence-electron chi connectivity index (χ4n) is 3.19. The molecule has 0 aliphatic carbocycles. The van der Waals surface area contributed by atoms with Gasteiger partial charge in [-0.05, 0) is 55.0 Å².